The molecular weight excluding hydrogens is 254 g/mol. The molecule has 0 heterocycles. The van der Waals surface area contributed by atoms with E-state index in [-0.39, 0.29) is 0 Å². The summed E-state index contributed by atoms with van der Waals surface area (Å²) in [6, 6.07) is 8.53. The SMILES string of the molecule is CC1=CC(C)CC(CN[C@@H](C)c2ccc(Cl)cc2)C1. The summed E-state index contributed by atoms with van der Waals surface area (Å²) in [5.74, 6) is 1.50. The molecule has 2 unspecified atom stereocenters. The van der Waals surface area contributed by atoms with Crippen LogP contribution < -0.4 is 5.32 Å². The van der Waals surface area contributed by atoms with Gasteiger partial charge < -0.3 is 5.32 Å². The number of hydrogen-bond acceptors (Lipinski definition) is 1. The average Bonchev–Trinajstić information content (AvgIpc) is 2.36. The van der Waals surface area contributed by atoms with Gasteiger partial charge in [0, 0.05) is 11.1 Å². The maximum absolute atomic E-state index is 5.92. The standard InChI is InChI=1S/C17H24ClN/c1-12-8-13(2)10-15(9-12)11-19-14(3)16-4-6-17(18)7-5-16/h4-8,12,14-15,19H,9-11H2,1-3H3/t12?,14-,15?/m0/s1. The smallest absolute Gasteiger partial charge is 0.0406 e. The van der Waals surface area contributed by atoms with E-state index in [1.54, 1.807) is 5.57 Å². The van der Waals surface area contributed by atoms with Crippen molar-refractivity contribution in [1.82, 2.24) is 5.32 Å². The Kier molecular flexibility index (Phi) is 5.06. The molecule has 3 atom stereocenters. The van der Waals surface area contributed by atoms with Crippen molar-refractivity contribution in [3.05, 3.63) is 46.5 Å². The third-order valence-electron chi connectivity index (χ3n) is 3.97. The fourth-order valence-electron chi connectivity index (χ4n) is 3.05. The van der Waals surface area contributed by atoms with Crippen molar-refractivity contribution in [2.75, 3.05) is 6.54 Å². The molecule has 0 radical (unpaired) electrons. The lowest BCUT2D eigenvalue weighted by Gasteiger charge is -2.27. The van der Waals surface area contributed by atoms with Crippen LogP contribution in [0.4, 0.5) is 0 Å². The van der Waals surface area contributed by atoms with E-state index >= 15 is 0 Å². The van der Waals surface area contributed by atoms with Gasteiger partial charge in [-0.25, -0.2) is 0 Å². The lowest BCUT2D eigenvalue weighted by molar-refractivity contribution is 0.367. The summed E-state index contributed by atoms with van der Waals surface area (Å²) in [7, 11) is 0. The molecule has 0 fully saturated rings. The van der Waals surface area contributed by atoms with E-state index in [0.717, 1.165) is 23.4 Å². The monoisotopic (exact) mass is 277 g/mol. The normalized spacial score (nSPS) is 24.9. The molecule has 2 rings (SSSR count). The van der Waals surface area contributed by atoms with Gasteiger partial charge in [-0.1, -0.05) is 42.3 Å². The molecule has 19 heavy (non-hydrogen) atoms. The summed E-state index contributed by atoms with van der Waals surface area (Å²) < 4.78 is 0. The fraction of sp³-hybridized carbons (Fsp3) is 0.529. The highest BCUT2D eigenvalue weighted by Gasteiger charge is 2.18. The molecule has 1 aromatic rings. The van der Waals surface area contributed by atoms with Gasteiger partial charge in [-0.3, -0.25) is 0 Å². The molecule has 1 aliphatic rings. The van der Waals surface area contributed by atoms with Crippen LogP contribution in [0.1, 0.15) is 45.2 Å². The second kappa shape index (κ2) is 6.58. The fourth-order valence-corrected chi connectivity index (χ4v) is 3.18. The van der Waals surface area contributed by atoms with Crippen molar-refractivity contribution in [3.63, 3.8) is 0 Å². The van der Waals surface area contributed by atoms with Crippen LogP contribution in [-0.4, -0.2) is 6.54 Å². The van der Waals surface area contributed by atoms with Crippen LogP contribution in [0.3, 0.4) is 0 Å². The van der Waals surface area contributed by atoms with E-state index in [4.69, 9.17) is 11.6 Å². The Morgan fingerprint density at radius 2 is 2.00 bits per heavy atom. The highest BCUT2D eigenvalue weighted by Crippen LogP contribution is 2.27. The van der Waals surface area contributed by atoms with E-state index in [1.165, 1.54) is 18.4 Å². The summed E-state index contributed by atoms with van der Waals surface area (Å²) in [6.45, 7) is 7.89. The molecule has 0 aliphatic heterocycles. The molecule has 0 saturated heterocycles. The van der Waals surface area contributed by atoms with Crippen molar-refractivity contribution < 1.29 is 0 Å². The van der Waals surface area contributed by atoms with Crippen LogP contribution in [0.15, 0.2) is 35.9 Å². The molecule has 1 aromatic carbocycles. The predicted octanol–water partition coefficient (Wildman–Crippen LogP) is 4.98. The topological polar surface area (TPSA) is 12.0 Å². The molecule has 2 heteroatoms. The Hall–Kier alpha value is -0.790. The maximum atomic E-state index is 5.92. The first-order valence-electron chi connectivity index (χ1n) is 7.20. The van der Waals surface area contributed by atoms with Gasteiger partial charge in [-0.15, -0.1) is 0 Å². The number of rotatable bonds is 4. The number of allylic oxidation sites excluding steroid dienone is 2. The van der Waals surface area contributed by atoms with Crippen LogP contribution in [0, 0.1) is 11.8 Å². The Morgan fingerprint density at radius 1 is 1.32 bits per heavy atom. The van der Waals surface area contributed by atoms with Crippen LogP contribution in [0.25, 0.3) is 0 Å². The second-order valence-corrected chi connectivity index (χ2v) is 6.41. The van der Waals surface area contributed by atoms with Gasteiger partial charge in [0.2, 0.25) is 0 Å². The number of nitrogens with one attached hydrogen (secondary N) is 1. The van der Waals surface area contributed by atoms with Crippen LogP contribution in [0.2, 0.25) is 5.02 Å². The summed E-state index contributed by atoms with van der Waals surface area (Å²) in [6.07, 6.45) is 4.96. The summed E-state index contributed by atoms with van der Waals surface area (Å²) in [4.78, 5) is 0. The Morgan fingerprint density at radius 3 is 2.63 bits per heavy atom. The van der Waals surface area contributed by atoms with Gasteiger partial charge in [0.1, 0.15) is 0 Å². The van der Waals surface area contributed by atoms with Gasteiger partial charge >= 0.3 is 0 Å². The molecule has 1 aliphatic carbocycles. The number of hydrogen-bond donors (Lipinski definition) is 1. The van der Waals surface area contributed by atoms with Crippen molar-refractivity contribution in [2.45, 2.75) is 39.7 Å². The molecule has 0 saturated carbocycles. The molecule has 0 bridgehead atoms. The minimum Gasteiger partial charge on any atom is -0.310 e. The van der Waals surface area contributed by atoms with Crippen LogP contribution in [-0.2, 0) is 0 Å². The average molecular weight is 278 g/mol. The van der Waals surface area contributed by atoms with Crippen molar-refractivity contribution in [2.24, 2.45) is 11.8 Å². The summed E-state index contributed by atoms with van der Waals surface area (Å²) >= 11 is 5.92. The molecule has 0 amide bonds. The first kappa shape index (κ1) is 14.6. The zero-order valence-electron chi connectivity index (χ0n) is 12.1. The summed E-state index contributed by atoms with van der Waals surface area (Å²) in [5, 5.41) is 4.46. The minimum atomic E-state index is 0.388. The van der Waals surface area contributed by atoms with E-state index in [2.05, 4.69) is 44.3 Å². The number of halogens is 1. The number of benzene rings is 1. The van der Waals surface area contributed by atoms with Gasteiger partial charge in [0.15, 0.2) is 0 Å². The maximum Gasteiger partial charge on any atom is 0.0406 e. The lowest BCUT2D eigenvalue weighted by Crippen LogP contribution is -2.28. The van der Waals surface area contributed by atoms with Crippen molar-refractivity contribution in [1.29, 1.82) is 0 Å². The first-order valence-corrected chi connectivity index (χ1v) is 7.58. The molecule has 0 spiro atoms. The molecule has 0 aromatic heterocycles. The predicted molar refractivity (Wildman–Crippen MR) is 83.5 cm³/mol. The molecule has 1 N–H and O–H groups in total. The zero-order valence-corrected chi connectivity index (χ0v) is 12.9. The molecular formula is C17H24ClN. The lowest BCUT2D eigenvalue weighted by atomic mass is 9.83. The van der Waals surface area contributed by atoms with Gasteiger partial charge in [0.25, 0.3) is 0 Å². The first-order chi connectivity index (χ1) is 9.04. The molecule has 1 nitrogen and oxygen atoms in total. The van der Waals surface area contributed by atoms with Gasteiger partial charge in [-0.2, -0.15) is 0 Å². The van der Waals surface area contributed by atoms with Gasteiger partial charge in [0.05, 0.1) is 0 Å². The van der Waals surface area contributed by atoms with E-state index < -0.39 is 0 Å². The highest BCUT2D eigenvalue weighted by atomic mass is 35.5. The Labute approximate surface area is 122 Å². The third-order valence-corrected chi connectivity index (χ3v) is 4.22. The molecule has 104 valence electrons. The largest absolute Gasteiger partial charge is 0.310 e. The van der Waals surface area contributed by atoms with Crippen molar-refractivity contribution >= 4 is 11.6 Å². The quantitative estimate of drug-likeness (QED) is 0.765. The van der Waals surface area contributed by atoms with Gasteiger partial charge in [-0.05, 0) is 62.8 Å². The summed E-state index contributed by atoms with van der Waals surface area (Å²) in [5.41, 5.74) is 2.85. The zero-order chi connectivity index (χ0) is 13.8. The van der Waals surface area contributed by atoms with E-state index in [1.807, 2.05) is 12.1 Å². The van der Waals surface area contributed by atoms with Crippen LogP contribution in [0.5, 0.6) is 0 Å². The van der Waals surface area contributed by atoms with E-state index in [0.29, 0.717) is 6.04 Å². The highest BCUT2D eigenvalue weighted by molar-refractivity contribution is 6.30. The Balaban J connectivity index is 1.85. The third kappa shape index (κ3) is 4.36. The van der Waals surface area contributed by atoms with Crippen LogP contribution >= 0.6 is 11.6 Å². The minimum absolute atomic E-state index is 0.388. The van der Waals surface area contributed by atoms with Crippen molar-refractivity contribution in [3.8, 4) is 0 Å². The Bertz CT molecular complexity index is 435. The second-order valence-electron chi connectivity index (χ2n) is 5.98. The van der Waals surface area contributed by atoms with E-state index in [9.17, 15) is 0 Å².